The summed E-state index contributed by atoms with van der Waals surface area (Å²) in [7, 11) is 1.57. The van der Waals surface area contributed by atoms with E-state index in [1.807, 2.05) is 36.4 Å². The van der Waals surface area contributed by atoms with E-state index in [0.29, 0.717) is 36.3 Å². The Morgan fingerprint density at radius 2 is 1.89 bits per heavy atom. The van der Waals surface area contributed by atoms with Gasteiger partial charge in [0.2, 0.25) is 5.91 Å². The second-order valence-electron chi connectivity index (χ2n) is 6.32. The van der Waals surface area contributed by atoms with Gasteiger partial charge in [-0.2, -0.15) is 0 Å². The third-order valence-electron chi connectivity index (χ3n) is 4.41. The fourth-order valence-electron chi connectivity index (χ4n) is 2.97. The zero-order chi connectivity index (χ0) is 19.9. The van der Waals surface area contributed by atoms with Crippen molar-refractivity contribution in [3.63, 3.8) is 0 Å². The van der Waals surface area contributed by atoms with Crippen molar-refractivity contribution in [1.82, 2.24) is 4.90 Å². The summed E-state index contributed by atoms with van der Waals surface area (Å²) in [5, 5.41) is 0. The number of nitrogens with zero attached hydrogens (tertiary/aromatic N) is 1. The van der Waals surface area contributed by atoms with Crippen molar-refractivity contribution in [3.8, 4) is 5.75 Å². The first-order valence-electron chi connectivity index (χ1n) is 9.00. The second-order valence-corrected chi connectivity index (χ2v) is 6.32. The van der Waals surface area contributed by atoms with Crippen molar-refractivity contribution < 1.29 is 23.9 Å². The topological polar surface area (TPSA) is 72.9 Å². The molecule has 6 nitrogen and oxygen atoms in total. The highest BCUT2D eigenvalue weighted by molar-refractivity contribution is 6.22. The lowest BCUT2D eigenvalue weighted by Crippen LogP contribution is -2.35. The van der Waals surface area contributed by atoms with Gasteiger partial charge in [0.25, 0.3) is 5.91 Å². The first-order chi connectivity index (χ1) is 13.6. The van der Waals surface area contributed by atoms with E-state index in [1.165, 1.54) is 0 Å². The first-order valence-corrected chi connectivity index (χ1v) is 9.00. The molecule has 2 aromatic carbocycles. The van der Waals surface area contributed by atoms with Crippen LogP contribution in [-0.4, -0.2) is 42.9 Å². The molecule has 1 aliphatic rings. The van der Waals surface area contributed by atoms with Gasteiger partial charge < -0.3 is 9.47 Å². The fraction of sp³-hybridized carbons (Fsp3) is 0.227. The quantitative estimate of drug-likeness (QED) is 0.438. The maximum absolute atomic E-state index is 12.7. The molecule has 0 aliphatic carbocycles. The van der Waals surface area contributed by atoms with Gasteiger partial charge in [-0.25, -0.2) is 4.79 Å². The molecule has 0 spiro atoms. The average Bonchev–Trinajstić information content (AvgIpc) is 3.16. The normalized spacial score (nSPS) is 14.1. The fourth-order valence-corrected chi connectivity index (χ4v) is 2.97. The lowest BCUT2D eigenvalue weighted by Gasteiger charge is -2.14. The van der Waals surface area contributed by atoms with Crippen molar-refractivity contribution in [3.05, 3.63) is 65.7 Å². The minimum absolute atomic E-state index is 0.226. The Morgan fingerprint density at radius 1 is 1.11 bits per heavy atom. The molecule has 0 saturated carbocycles. The van der Waals surface area contributed by atoms with Crippen molar-refractivity contribution >= 4 is 29.4 Å². The Kier molecular flexibility index (Phi) is 6.22. The van der Waals surface area contributed by atoms with E-state index in [1.54, 1.807) is 31.4 Å². The zero-order valence-electron chi connectivity index (χ0n) is 15.6. The molecule has 0 atom stereocenters. The molecular formula is C22H21NO5. The minimum atomic E-state index is -0.631. The number of carbonyl (C=O) groups is 3. The van der Waals surface area contributed by atoms with Crippen LogP contribution in [0.2, 0.25) is 0 Å². The van der Waals surface area contributed by atoms with Gasteiger partial charge in [0.15, 0.2) is 6.61 Å². The number of hydrogen-bond acceptors (Lipinski definition) is 5. The third-order valence-corrected chi connectivity index (χ3v) is 4.41. The maximum Gasteiger partial charge on any atom is 0.339 e. The number of carbonyl (C=O) groups excluding carboxylic acids is 3. The van der Waals surface area contributed by atoms with Crippen LogP contribution in [0.1, 0.15) is 24.0 Å². The van der Waals surface area contributed by atoms with E-state index in [9.17, 15) is 14.4 Å². The molecule has 3 rings (SSSR count). The Balaban J connectivity index is 1.80. The van der Waals surface area contributed by atoms with E-state index < -0.39 is 18.5 Å². The molecule has 1 aliphatic heterocycles. The van der Waals surface area contributed by atoms with E-state index in [-0.39, 0.29) is 5.91 Å². The van der Waals surface area contributed by atoms with Crippen LogP contribution in [0.4, 0.5) is 0 Å². The first kappa shape index (κ1) is 19.4. The number of imide groups is 1. The van der Waals surface area contributed by atoms with Crippen LogP contribution in [0.25, 0.3) is 11.6 Å². The number of ether oxygens (including phenoxy) is 2. The zero-order valence-corrected chi connectivity index (χ0v) is 15.6. The van der Waals surface area contributed by atoms with Crippen LogP contribution in [0.5, 0.6) is 5.75 Å². The number of amides is 2. The van der Waals surface area contributed by atoms with Crippen molar-refractivity contribution in [1.29, 1.82) is 0 Å². The molecule has 1 heterocycles. The van der Waals surface area contributed by atoms with Gasteiger partial charge in [0.05, 0.1) is 12.7 Å². The van der Waals surface area contributed by atoms with Gasteiger partial charge in [-0.05, 0) is 35.8 Å². The summed E-state index contributed by atoms with van der Waals surface area (Å²) in [6.45, 7) is -0.0900. The number of likely N-dealkylation sites (tertiary alicyclic amines) is 1. The summed E-state index contributed by atoms with van der Waals surface area (Å²) in [5.41, 5.74) is 1.74. The second kappa shape index (κ2) is 8.99. The highest BCUT2D eigenvalue weighted by atomic mass is 16.5. The molecule has 0 bridgehead atoms. The number of benzene rings is 2. The van der Waals surface area contributed by atoms with Gasteiger partial charge in [-0.15, -0.1) is 0 Å². The largest absolute Gasteiger partial charge is 0.497 e. The summed E-state index contributed by atoms with van der Waals surface area (Å²) in [6, 6.07) is 16.3. The van der Waals surface area contributed by atoms with Crippen LogP contribution >= 0.6 is 0 Å². The van der Waals surface area contributed by atoms with Crippen molar-refractivity contribution in [2.45, 2.75) is 12.8 Å². The molecular weight excluding hydrogens is 358 g/mol. The van der Waals surface area contributed by atoms with Crippen molar-refractivity contribution in [2.75, 3.05) is 20.3 Å². The number of methoxy groups -OCH3 is 1. The van der Waals surface area contributed by atoms with Crippen molar-refractivity contribution in [2.24, 2.45) is 0 Å². The van der Waals surface area contributed by atoms with Crippen LogP contribution in [-0.2, 0) is 19.1 Å². The highest BCUT2D eigenvalue weighted by Gasteiger charge is 2.27. The van der Waals surface area contributed by atoms with Crippen LogP contribution in [0.15, 0.2) is 54.6 Å². The van der Waals surface area contributed by atoms with E-state index in [4.69, 9.17) is 9.47 Å². The monoisotopic (exact) mass is 379 g/mol. The summed E-state index contributed by atoms with van der Waals surface area (Å²) in [5.74, 6) is -0.688. The summed E-state index contributed by atoms with van der Waals surface area (Å²) in [4.78, 5) is 37.7. The number of rotatable bonds is 6. The molecule has 1 saturated heterocycles. The van der Waals surface area contributed by atoms with Gasteiger partial charge in [0, 0.05) is 13.0 Å². The van der Waals surface area contributed by atoms with Crippen LogP contribution < -0.4 is 4.74 Å². The Hall–Kier alpha value is -3.41. The minimum Gasteiger partial charge on any atom is -0.497 e. The number of hydrogen-bond donors (Lipinski definition) is 0. The maximum atomic E-state index is 12.7. The standard InChI is InChI=1S/C22H21NO5/c1-27-18-10-5-7-16(13-18)14-19(17-8-3-2-4-9-17)22(26)28-15-21(25)23-12-6-11-20(23)24/h2-5,7-10,13-14H,6,11-12,15H2,1H3/b19-14+. The van der Waals surface area contributed by atoms with E-state index >= 15 is 0 Å². The number of esters is 1. The summed E-state index contributed by atoms with van der Waals surface area (Å²) < 4.78 is 10.4. The predicted octanol–water partition coefficient (Wildman–Crippen LogP) is 2.93. The lowest BCUT2D eigenvalue weighted by molar-refractivity contribution is -0.151. The third kappa shape index (κ3) is 4.65. The molecule has 2 amide bonds. The molecule has 144 valence electrons. The van der Waals surface area contributed by atoms with Gasteiger partial charge in [-0.3, -0.25) is 14.5 Å². The lowest BCUT2D eigenvalue weighted by atomic mass is 10.0. The van der Waals surface area contributed by atoms with Gasteiger partial charge in [0.1, 0.15) is 5.75 Å². The smallest absolute Gasteiger partial charge is 0.339 e. The molecule has 0 N–H and O–H groups in total. The Bertz CT molecular complexity index is 904. The van der Waals surface area contributed by atoms with Crippen LogP contribution in [0.3, 0.4) is 0 Å². The molecule has 1 fully saturated rings. The van der Waals surface area contributed by atoms with Gasteiger partial charge in [-0.1, -0.05) is 42.5 Å². The SMILES string of the molecule is COc1cccc(/C=C(/C(=O)OCC(=O)N2CCCC2=O)c2ccccc2)c1. The predicted molar refractivity (Wildman–Crippen MR) is 104 cm³/mol. The molecule has 0 unspecified atom stereocenters. The summed E-state index contributed by atoms with van der Waals surface area (Å²) in [6.07, 6.45) is 2.68. The Labute approximate surface area is 163 Å². The van der Waals surface area contributed by atoms with E-state index in [0.717, 1.165) is 10.5 Å². The Morgan fingerprint density at radius 3 is 2.57 bits per heavy atom. The van der Waals surface area contributed by atoms with E-state index in [2.05, 4.69) is 0 Å². The molecule has 0 aromatic heterocycles. The average molecular weight is 379 g/mol. The molecule has 28 heavy (non-hydrogen) atoms. The van der Waals surface area contributed by atoms with Gasteiger partial charge >= 0.3 is 5.97 Å². The summed E-state index contributed by atoms with van der Waals surface area (Å²) >= 11 is 0. The van der Waals surface area contributed by atoms with Crippen LogP contribution in [0, 0.1) is 0 Å². The molecule has 6 heteroatoms. The molecule has 2 aromatic rings. The molecule has 0 radical (unpaired) electrons. The highest BCUT2D eigenvalue weighted by Crippen LogP contribution is 2.22.